The fourth-order valence-electron chi connectivity index (χ4n) is 1.29. The molecule has 0 aliphatic rings. The topological polar surface area (TPSA) is 52.6 Å². The minimum atomic E-state index is -0.988. The van der Waals surface area contributed by atoms with Crippen LogP contribution in [0.4, 0.5) is 4.79 Å². The Morgan fingerprint density at radius 1 is 1.11 bits per heavy atom. The Bertz CT molecular complexity index is 481. The van der Waals surface area contributed by atoms with Gasteiger partial charge in [0.2, 0.25) is 0 Å². The third-order valence-corrected chi connectivity index (χ3v) is 2.07. The van der Waals surface area contributed by atoms with Crippen molar-refractivity contribution in [2.45, 2.75) is 33.3 Å². The monoisotopic (exact) mass is 262 g/mol. The van der Waals surface area contributed by atoms with Crippen LogP contribution >= 0.6 is 0 Å². The van der Waals surface area contributed by atoms with Gasteiger partial charge in [0, 0.05) is 5.57 Å². The number of hydrogen-bond donors (Lipinski definition) is 0. The normalized spacial score (nSPS) is 11.9. The summed E-state index contributed by atoms with van der Waals surface area (Å²) in [5.41, 5.74) is 0.507. The first kappa shape index (κ1) is 15.0. The molecule has 0 aliphatic carbocycles. The summed E-state index contributed by atoms with van der Waals surface area (Å²) in [5, 5.41) is 0. The molecule has 0 aliphatic heterocycles. The maximum absolute atomic E-state index is 11.7. The molecule has 4 heteroatoms. The van der Waals surface area contributed by atoms with E-state index >= 15 is 0 Å². The number of carbonyl (C=O) groups is 2. The zero-order valence-corrected chi connectivity index (χ0v) is 11.6. The largest absolute Gasteiger partial charge is 0.516 e. The van der Waals surface area contributed by atoms with Gasteiger partial charge in [-0.25, -0.2) is 9.59 Å². The maximum atomic E-state index is 11.7. The number of ether oxygens (including phenoxy) is 2. The molecule has 0 amide bonds. The highest BCUT2D eigenvalue weighted by Crippen LogP contribution is 2.11. The van der Waals surface area contributed by atoms with E-state index in [1.165, 1.54) is 0 Å². The molecule has 0 heterocycles. The van der Waals surface area contributed by atoms with Crippen molar-refractivity contribution in [1.82, 2.24) is 0 Å². The lowest BCUT2D eigenvalue weighted by molar-refractivity contribution is -0.136. The molecule has 0 saturated heterocycles. The Balaban J connectivity index is 2.64. The average Bonchev–Trinajstić information content (AvgIpc) is 2.27. The molecule has 0 aromatic heterocycles. The molecule has 0 fully saturated rings. The van der Waals surface area contributed by atoms with Crippen LogP contribution in [0.25, 0.3) is 6.08 Å². The van der Waals surface area contributed by atoms with Crippen LogP contribution in [0, 0.1) is 0 Å². The van der Waals surface area contributed by atoms with Crippen LogP contribution in [0.5, 0.6) is 0 Å². The Labute approximate surface area is 113 Å². The van der Waals surface area contributed by atoms with Crippen molar-refractivity contribution in [2.75, 3.05) is 0 Å². The maximum Gasteiger partial charge on any atom is 0.516 e. The molecule has 1 rings (SSSR count). The summed E-state index contributed by atoms with van der Waals surface area (Å²) in [5.74, 6) is -0.710. The van der Waals surface area contributed by atoms with E-state index in [2.05, 4.69) is 4.74 Å². The molecule has 0 unspecified atom stereocenters. The Morgan fingerprint density at radius 2 is 1.68 bits per heavy atom. The molecular weight excluding hydrogens is 244 g/mol. The van der Waals surface area contributed by atoms with Crippen molar-refractivity contribution < 1.29 is 19.1 Å². The van der Waals surface area contributed by atoms with Crippen molar-refractivity contribution in [1.29, 1.82) is 0 Å². The number of esters is 1. The standard InChI is InChI=1S/C15H18O4/c1-11(10-12-8-6-5-7-9-12)13(16)18-14(17)19-15(2,3)4/h5-10H,1-4H3/b11-10+. The van der Waals surface area contributed by atoms with E-state index in [1.807, 2.05) is 30.3 Å². The smallest absolute Gasteiger partial charge is 0.428 e. The van der Waals surface area contributed by atoms with E-state index in [-0.39, 0.29) is 0 Å². The van der Waals surface area contributed by atoms with Crippen molar-refractivity contribution in [3.63, 3.8) is 0 Å². The second-order valence-electron chi connectivity index (χ2n) is 5.09. The third kappa shape index (κ3) is 5.86. The minimum Gasteiger partial charge on any atom is -0.428 e. The molecule has 1 aromatic carbocycles. The van der Waals surface area contributed by atoms with Gasteiger partial charge in [0.25, 0.3) is 0 Å². The molecule has 102 valence electrons. The number of hydrogen-bond acceptors (Lipinski definition) is 4. The summed E-state index contributed by atoms with van der Waals surface area (Å²) in [6.07, 6.45) is 0.658. The second kappa shape index (κ2) is 6.18. The second-order valence-corrected chi connectivity index (χ2v) is 5.09. The van der Waals surface area contributed by atoms with Crippen molar-refractivity contribution in [3.8, 4) is 0 Å². The lowest BCUT2D eigenvalue weighted by Crippen LogP contribution is -2.26. The van der Waals surface area contributed by atoms with Crippen molar-refractivity contribution in [3.05, 3.63) is 41.5 Å². The van der Waals surface area contributed by atoms with E-state index in [4.69, 9.17) is 4.74 Å². The molecule has 4 nitrogen and oxygen atoms in total. The Kier molecular flexibility index (Phi) is 4.87. The molecule has 0 N–H and O–H groups in total. The highest BCUT2D eigenvalue weighted by Gasteiger charge is 2.20. The zero-order valence-electron chi connectivity index (χ0n) is 11.6. The van der Waals surface area contributed by atoms with E-state index in [1.54, 1.807) is 33.8 Å². The van der Waals surface area contributed by atoms with E-state index in [9.17, 15) is 9.59 Å². The zero-order chi connectivity index (χ0) is 14.5. The van der Waals surface area contributed by atoms with Crippen LogP contribution in [0.15, 0.2) is 35.9 Å². The summed E-state index contributed by atoms with van der Waals surface area (Å²) >= 11 is 0. The van der Waals surface area contributed by atoms with Crippen LogP contribution in [0.2, 0.25) is 0 Å². The first-order valence-corrected chi connectivity index (χ1v) is 5.96. The van der Waals surface area contributed by atoms with Crippen LogP contribution in [0.1, 0.15) is 33.3 Å². The summed E-state index contributed by atoms with van der Waals surface area (Å²) in [4.78, 5) is 23.0. The van der Waals surface area contributed by atoms with Crippen LogP contribution in [0.3, 0.4) is 0 Å². The SMILES string of the molecule is C/C(=C\c1ccccc1)C(=O)OC(=O)OC(C)(C)C. The predicted octanol–water partition coefficient (Wildman–Crippen LogP) is 3.57. The highest BCUT2D eigenvalue weighted by molar-refractivity contribution is 5.97. The average molecular weight is 262 g/mol. The fraction of sp³-hybridized carbons (Fsp3) is 0.333. The molecule has 0 bridgehead atoms. The molecule has 0 spiro atoms. The molecule has 1 aromatic rings. The highest BCUT2D eigenvalue weighted by atomic mass is 16.7. The predicted molar refractivity (Wildman–Crippen MR) is 72.4 cm³/mol. The first-order valence-electron chi connectivity index (χ1n) is 5.96. The molecule has 19 heavy (non-hydrogen) atoms. The van der Waals surface area contributed by atoms with E-state index in [0.717, 1.165) is 5.56 Å². The van der Waals surface area contributed by atoms with Gasteiger partial charge in [-0.05, 0) is 39.3 Å². The van der Waals surface area contributed by atoms with Crippen LogP contribution in [-0.4, -0.2) is 17.7 Å². The summed E-state index contributed by atoms with van der Waals surface area (Å²) < 4.78 is 9.49. The van der Waals surface area contributed by atoms with Gasteiger partial charge in [0.05, 0.1) is 0 Å². The summed E-state index contributed by atoms with van der Waals surface area (Å²) in [6, 6.07) is 9.30. The summed E-state index contributed by atoms with van der Waals surface area (Å²) in [6.45, 7) is 6.68. The van der Waals surface area contributed by atoms with Crippen LogP contribution < -0.4 is 0 Å². The van der Waals surface area contributed by atoms with Gasteiger partial charge in [0.1, 0.15) is 5.60 Å². The number of rotatable bonds is 2. The van der Waals surface area contributed by atoms with Gasteiger partial charge in [-0.15, -0.1) is 0 Å². The first-order chi connectivity index (χ1) is 8.78. The van der Waals surface area contributed by atoms with E-state index in [0.29, 0.717) is 5.57 Å². The van der Waals surface area contributed by atoms with Gasteiger partial charge in [-0.2, -0.15) is 0 Å². The van der Waals surface area contributed by atoms with Crippen LogP contribution in [-0.2, 0) is 14.3 Å². The fourth-order valence-corrected chi connectivity index (χ4v) is 1.29. The van der Waals surface area contributed by atoms with Crippen molar-refractivity contribution in [2.24, 2.45) is 0 Å². The third-order valence-electron chi connectivity index (χ3n) is 2.07. The molecular formula is C15H18O4. The van der Waals surface area contributed by atoms with E-state index < -0.39 is 17.7 Å². The Morgan fingerprint density at radius 3 is 2.21 bits per heavy atom. The van der Waals surface area contributed by atoms with Gasteiger partial charge < -0.3 is 9.47 Å². The molecule has 0 saturated carbocycles. The quantitative estimate of drug-likeness (QED) is 0.464. The number of carbonyl (C=O) groups excluding carboxylic acids is 2. The lowest BCUT2D eigenvalue weighted by atomic mass is 10.1. The number of benzene rings is 1. The molecule has 0 radical (unpaired) electrons. The summed E-state index contributed by atoms with van der Waals surface area (Å²) in [7, 11) is 0. The minimum absolute atomic E-state index is 0.331. The lowest BCUT2D eigenvalue weighted by Gasteiger charge is -2.18. The Hall–Kier alpha value is -2.10. The van der Waals surface area contributed by atoms with Gasteiger partial charge in [-0.3, -0.25) is 0 Å². The van der Waals surface area contributed by atoms with Gasteiger partial charge >= 0.3 is 12.1 Å². The van der Waals surface area contributed by atoms with Gasteiger partial charge in [0.15, 0.2) is 0 Å². The molecule has 0 atom stereocenters. The van der Waals surface area contributed by atoms with Gasteiger partial charge in [-0.1, -0.05) is 30.3 Å². The van der Waals surface area contributed by atoms with Crippen molar-refractivity contribution >= 4 is 18.2 Å².